The second-order valence-corrected chi connectivity index (χ2v) is 9.99. The first-order valence-electron chi connectivity index (χ1n) is 10.3. The van der Waals surface area contributed by atoms with Crippen LogP contribution in [0.5, 0.6) is 0 Å². The Morgan fingerprint density at radius 3 is 2.42 bits per heavy atom. The number of benzene rings is 3. The maximum atomic E-state index is 12.8. The van der Waals surface area contributed by atoms with Crippen molar-refractivity contribution in [2.24, 2.45) is 0 Å². The molecule has 1 aliphatic carbocycles. The third kappa shape index (κ3) is 3.78. The molecule has 31 heavy (non-hydrogen) atoms. The van der Waals surface area contributed by atoms with Crippen molar-refractivity contribution in [1.29, 1.82) is 0 Å². The van der Waals surface area contributed by atoms with E-state index in [1.54, 1.807) is 24.3 Å². The van der Waals surface area contributed by atoms with Crippen LogP contribution in [0.2, 0.25) is 5.02 Å². The van der Waals surface area contributed by atoms with Crippen LogP contribution in [0.15, 0.2) is 77.7 Å². The van der Waals surface area contributed by atoms with Gasteiger partial charge in [-0.3, -0.25) is 4.18 Å². The van der Waals surface area contributed by atoms with E-state index in [9.17, 15) is 8.42 Å². The molecule has 0 fully saturated rings. The van der Waals surface area contributed by atoms with Crippen molar-refractivity contribution in [3.63, 3.8) is 0 Å². The lowest BCUT2D eigenvalue weighted by atomic mass is 9.93. The van der Waals surface area contributed by atoms with E-state index in [1.807, 2.05) is 43.3 Å². The van der Waals surface area contributed by atoms with E-state index in [0.717, 1.165) is 34.1 Å². The zero-order chi connectivity index (χ0) is 21.6. The highest BCUT2D eigenvalue weighted by molar-refractivity contribution is 7.86. The van der Waals surface area contributed by atoms with Gasteiger partial charge in [-0.25, -0.2) is 0 Å². The second kappa shape index (κ2) is 7.83. The fraction of sp³-hybridized carbons (Fsp3) is 0.200. The molecule has 0 saturated heterocycles. The molecule has 4 aromatic rings. The van der Waals surface area contributed by atoms with Crippen molar-refractivity contribution in [3.05, 3.63) is 94.6 Å². The van der Waals surface area contributed by atoms with E-state index in [4.69, 9.17) is 15.8 Å². The topological polar surface area (TPSA) is 48.3 Å². The summed E-state index contributed by atoms with van der Waals surface area (Å²) < 4.78 is 33.6. The van der Waals surface area contributed by atoms with Crippen LogP contribution in [0.1, 0.15) is 23.2 Å². The molecule has 1 atom stereocenters. The molecular weight excluding hydrogens is 430 g/mol. The smallest absolute Gasteiger partial charge is 0.297 e. The van der Waals surface area contributed by atoms with Crippen LogP contribution >= 0.6 is 11.6 Å². The van der Waals surface area contributed by atoms with E-state index in [1.165, 1.54) is 5.69 Å². The van der Waals surface area contributed by atoms with Crippen molar-refractivity contribution in [3.8, 4) is 5.69 Å². The van der Waals surface area contributed by atoms with E-state index in [-0.39, 0.29) is 11.0 Å². The first kappa shape index (κ1) is 20.3. The van der Waals surface area contributed by atoms with E-state index >= 15 is 0 Å². The average Bonchev–Trinajstić information content (AvgIpc) is 3.08. The number of nitrogens with zero attached hydrogens (tertiary/aromatic N) is 1. The Hall–Kier alpha value is -2.60. The monoisotopic (exact) mass is 451 g/mol. The summed E-state index contributed by atoms with van der Waals surface area (Å²) in [6.07, 6.45) is 1.55. The average molecular weight is 452 g/mol. The van der Waals surface area contributed by atoms with Crippen LogP contribution < -0.4 is 0 Å². The Bertz CT molecular complexity index is 1360. The van der Waals surface area contributed by atoms with Crippen molar-refractivity contribution in [2.75, 3.05) is 0 Å². The normalized spacial score (nSPS) is 16.4. The Morgan fingerprint density at radius 1 is 0.968 bits per heavy atom. The van der Waals surface area contributed by atoms with Gasteiger partial charge in [0.25, 0.3) is 10.1 Å². The molecule has 1 aliphatic rings. The van der Waals surface area contributed by atoms with Crippen LogP contribution in [0.3, 0.4) is 0 Å². The Balaban J connectivity index is 1.51. The molecule has 0 bridgehead atoms. The van der Waals surface area contributed by atoms with Gasteiger partial charge < -0.3 is 4.57 Å². The quantitative estimate of drug-likeness (QED) is 0.365. The maximum absolute atomic E-state index is 12.8. The van der Waals surface area contributed by atoms with Gasteiger partial charge in [0.2, 0.25) is 0 Å². The standard InChI is InChI=1S/C25H22ClNO3S/c1-17-6-13-21(14-7-17)31(28,29)30-20-12-15-25-23(16-20)22-4-2-3-5-24(22)27(25)19-10-8-18(26)9-11-19/h2-11,13-14,20H,12,15-16H2,1H3. The summed E-state index contributed by atoms with van der Waals surface area (Å²) in [5, 5.41) is 1.83. The van der Waals surface area contributed by atoms with Crippen LogP contribution in [0.4, 0.5) is 0 Å². The van der Waals surface area contributed by atoms with Crippen molar-refractivity contribution in [1.82, 2.24) is 4.57 Å². The highest BCUT2D eigenvalue weighted by Crippen LogP contribution is 2.36. The molecule has 0 N–H and O–H groups in total. The predicted molar refractivity (Wildman–Crippen MR) is 124 cm³/mol. The minimum Gasteiger partial charge on any atom is -0.313 e. The fourth-order valence-corrected chi connectivity index (χ4v) is 5.61. The molecule has 0 saturated carbocycles. The Labute approximate surface area is 187 Å². The van der Waals surface area contributed by atoms with Gasteiger partial charge >= 0.3 is 0 Å². The first-order chi connectivity index (χ1) is 14.9. The summed E-state index contributed by atoms with van der Waals surface area (Å²) in [6, 6.07) is 22.8. The molecule has 3 aromatic carbocycles. The molecule has 1 unspecified atom stereocenters. The second-order valence-electron chi connectivity index (χ2n) is 7.98. The minimum atomic E-state index is -3.80. The summed E-state index contributed by atoms with van der Waals surface area (Å²) in [7, 11) is -3.80. The van der Waals surface area contributed by atoms with Crippen LogP contribution in [-0.4, -0.2) is 19.1 Å². The van der Waals surface area contributed by atoms with Gasteiger partial charge in [0.05, 0.1) is 16.5 Å². The highest BCUT2D eigenvalue weighted by Gasteiger charge is 2.30. The third-order valence-corrected chi connectivity index (χ3v) is 7.51. The summed E-state index contributed by atoms with van der Waals surface area (Å²) in [5.41, 5.74) is 5.53. The Morgan fingerprint density at radius 2 is 1.68 bits per heavy atom. The van der Waals surface area contributed by atoms with Gasteiger partial charge in [-0.15, -0.1) is 0 Å². The first-order valence-corrected chi connectivity index (χ1v) is 12.1. The molecule has 1 heterocycles. The van der Waals surface area contributed by atoms with Crippen molar-refractivity contribution >= 4 is 32.6 Å². The number of para-hydroxylation sites is 1. The van der Waals surface area contributed by atoms with Gasteiger partial charge in [-0.1, -0.05) is 47.5 Å². The molecule has 0 aliphatic heterocycles. The number of hydrogen-bond donors (Lipinski definition) is 0. The lowest BCUT2D eigenvalue weighted by molar-refractivity contribution is 0.192. The molecular formula is C25H22ClNO3S. The Kier molecular flexibility index (Phi) is 5.13. The minimum absolute atomic E-state index is 0.201. The zero-order valence-corrected chi connectivity index (χ0v) is 18.7. The molecule has 0 spiro atoms. The lowest BCUT2D eigenvalue weighted by Crippen LogP contribution is -2.26. The van der Waals surface area contributed by atoms with E-state index in [2.05, 4.69) is 16.7 Å². The maximum Gasteiger partial charge on any atom is 0.297 e. The van der Waals surface area contributed by atoms with Gasteiger partial charge in [-0.2, -0.15) is 8.42 Å². The van der Waals surface area contributed by atoms with E-state index in [0.29, 0.717) is 17.9 Å². The fourth-order valence-electron chi connectivity index (χ4n) is 4.38. The predicted octanol–water partition coefficient (Wildman–Crippen LogP) is 5.86. The molecule has 6 heteroatoms. The van der Waals surface area contributed by atoms with Crippen molar-refractivity contribution < 1.29 is 12.6 Å². The molecule has 0 amide bonds. The summed E-state index contributed by atoms with van der Waals surface area (Å²) in [5.74, 6) is 0. The van der Waals surface area contributed by atoms with Gasteiger partial charge in [0, 0.05) is 28.2 Å². The largest absolute Gasteiger partial charge is 0.313 e. The number of halogens is 1. The summed E-state index contributed by atoms with van der Waals surface area (Å²) in [6.45, 7) is 1.93. The molecule has 1 aromatic heterocycles. The van der Waals surface area contributed by atoms with E-state index < -0.39 is 10.1 Å². The summed E-state index contributed by atoms with van der Waals surface area (Å²) >= 11 is 6.09. The summed E-state index contributed by atoms with van der Waals surface area (Å²) in [4.78, 5) is 0.201. The van der Waals surface area contributed by atoms with Gasteiger partial charge in [0.1, 0.15) is 0 Å². The van der Waals surface area contributed by atoms with Crippen LogP contribution in [0, 0.1) is 6.92 Å². The SMILES string of the molecule is Cc1ccc(S(=O)(=O)OC2CCc3c(c4ccccc4n3-c3ccc(Cl)cc3)C2)cc1. The van der Waals surface area contributed by atoms with Crippen LogP contribution in [-0.2, 0) is 27.1 Å². The van der Waals surface area contributed by atoms with Gasteiger partial charge in [0.15, 0.2) is 0 Å². The third-order valence-electron chi connectivity index (χ3n) is 5.88. The van der Waals surface area contributed by atoms with Gasteiger partial charge in [-0.05, 0) is 67.8 Å². The molecule has 0 radical (unpaired) electrons. The molecule has 4 nitrogen and oxygen atoms in total. The number of hydrogen-bond acceptors (Lipinski definition) is 3. The van der Waals surface area contributed by atoms with Crippen LogP contribution in [0.25, 0.3) is 16.6 Å². The number of aromatic nitrogens is 1. The zero-order valence-electron chi connectivity index (χ0n) is 17.1. The molecule has 5 rings (SSSR count). The molecule has 158 valence electrons. The number of aryl methyl sites for hydroxylation is 1. The number of rotatable bonds is 4. The number of fused-ring (bicyclic) bond motifs is 3. The lowest BCUT2D eigenvalue weighted by Gasteiger charge is -2.24. The highest BCUT2D eigenvalue weighted by atomic mass is 35.5. The van der Waals surface area contributed by atoms with Crippen molar-refractivity contribution in [2.45, 2.75) is 37.2 Å².